The Morgan fingerprint density at radius 2 is 2.17 bits per heavy atom. The maximum Gasteiger partial charge on any atom is 0.328 e. The quantitative estimate of drug-likeness (QED) is 0.721. The molecule has 0 saturated heterocycles. The summed E-state index contributed by atoms with van der Waals surface area (Å²) in [6.45, 7) is 4.12. The first kappa shape index (κ1) is 14.1. The zero-order valence-electron chi connectivity index (χ0n) is 10.8. The molecule has 7 heteroatoms. The topological polar surface area (TPSA) is 86.1 Å². The molecule has 0 aliphatic rings. The number of methoxy groups -OCH3 is 1. The number of hydrogen-bond donors (Lipinski definition) is 1. The molecule has 1 aromatic heterocycles. The zero-order chi connectivity index (χ0) is 13.5. The van der Waals surface area contributed by atoms with Gasteiger partial charge in [-0.05, 0) is 5.92 Å². The summed E-state index contributed by atoms with van der Waals surface area (Å²) in [6.07, 6.45) is 3.18. The van der Waals surface area contributed by atoms with E-state index in [-0.39, 0.29) is 18.2 Å². The molecule has 0 spiro atoms. The van der Waals surface area contributed by atoms with Crippen molar-refractivity contribution in [3.8, 4) is 0 Å². The fraction of sp³-hybridized carbons (Fsp3) is 0.636. The molecular formula is C11H18N4O3. The molecule has 0 radical (unpaired) electrons. The van der Waals surface area contributed by atoms with Gasteiger partial charge in [-0.2, -0.15) is 5.10 Å². The van der Waals surface area contributed by atoms with Crippen LogP contribution in [-0.2, 0) is 20.9 Å². The van der Waals surface area contributed by atoms with E-state index >= 15 is 0 Å². The van der Waals surface area contributed by atoms with Gasteiger partial charge >= 0.3 is 5.97 Å². The lowest BCUT2D eigenvalue weighted by Crippen LogP contribution is -2.45. The molecule has 0 aliphatic heterocycles. The number of amides is 1. The average molecular weight is 254 g/mol. The highest BCUT2D eigenvalue weighted by molar-refractivity contribution is 5.84. The minimum atomic E-state index is -0.613. The Hall–Kier alpha value is -1.92. The van der Waals surface area contributed by atoms with Gasteiger partial charge in [0.1, 0.15) is 18.7 Å². The lowest BCUT2D eigenvalue weighted by atomic mass is 10.0. The van der Waals surface area contributed by atoms with Gasteiger partial charge in [0.2, 0.25) is 5.91 Å². The molecule has 1 heterocycles. The number of ether oxygens (including phenoxy) is 1. The number of nitrogens with one attached hydrogen (secondary N) is 1. The lowest BCUT2D eigenvalue weighted by Gasteiger charge is -2.19. The Labute approximate surface area is 106 Å². The van der Waals surface area contributed by atoms with Crippen LogP contribution in [0.1, 0.15) is 20.3 Å². The van der Waals surface area contributed by atoms with E-state index in [2.05, 4.69) is 20.1 Å². The minimum absolute atomic E-state index is 0.0206. The first-order chi connectivity index (χ1) is 8.54. The summed E-state index contributed by atoms with van der Waals surface area (Å²) in [4.78, 5) is 26.9. The van der Waals surface area contributed by atoms with Crippen molar-refractivity contribution in [2.75, 3.05) is 7.11 Å². The third-order valence-corrected chi connectivity index (χ3v) is 2.47. The molecule has 0 aromatic carbocycles. The van der Waals surface area contributed by atoms with E-state index in [1.54, 1.807) is 4.68 Å². The second-order valence-corrected chi connectivity index (χ2v) is 4.22. The Balaban J connectivity index is 2.44. The van der Waals surface area contributed by atoms with Crippen molar-refractivity contribution in [3.05, 3.63) is 12.7 Å². The van der Waals surface area contributed by atoms with E-state index in [4.69, 9.17) is 0 Å². The van der Waals surface area contributed by atoms with E-state index in [1.165, 1.54) is 19.8 Å². The average Bonchev–Trinajstić information content (AvgIpc) is 2.85. The number of carbonyl (C=O) groups is 2. The molecule has 1 unspecified atom stereocenters. The van der Waals surface area contributed by atoms with Crippen molar-refractivity contribution in [1.82, 2.24) is 20.1 Å². The molecule has 1 N–H and O–H groups in total. The molecular weight excluding hydrogens is 236 g/mol. The Morgan fingerprint density at radius 1 is 1.44 bits per heavy atom. The van der Waals surface area contributed by atoms with Gasteiger partial charge in [0.15, 0.2) is 0 Å². The van der Waals surface area contributed by atoms with Gasteiger partial charge < -0.3 is 10.1 Å². The van der Waals surface area contributed by atoms with Gasteiger partial charge in [0.05, 0.1) is 13.7 Å². The maximum atomic E-state index is 11.7. The molecule has 18 heavy (non-hydrogen) atoms. The number of aromatic nitrogens is 3. The highest BCUT2D eigenvalue weighted by Crippen LogP contribution is 2.04. The van der Waals surface area contributed by atoms with Gasteiger partial charge in [-0.25, -0.2) is 9.78 Å². The van der Waals surface area contributed by atoms with E-state index < -0.39 is 12.0 Å². The van der Waals surface area contributed by atoms with E-state index in [9.17, 15) is 9.59 Å². The summed E-state index contributed by atoms with van der Waals surface area (Å²) in [5, 5.41) is 6.54. The third-order valence-electron chi connectivity index (χ3n) is 2.47. The number of esters is 1. The number of carbonyl (C=O) groups excluding carboxylic acids is 2. The van der Waals surface area contributed by atoms with Crippen molar-refractivity contribution < 1.29 is 14.3 Å². The summed E-state index contributed by atoms with van der Waals surface area (Å²) in [5.41, 5.74) is 0. The molecule has 1 aromatic rings. The van der Waals surface area contributed by atoms with Crippen LogP contribution < -0.4 is 5.32 Å². The Morgan fingerprint density at radius 3 is 2.67 bits per heavy atom. The van der Waals surface area contributed by atoms with Gasteiger partial charge in [-0.1, -0.05) is 13.8 Å². The molecule has 1 rings (SSSR count). The molecule has 1 atom stereocenters. The molecule has 0 aliphatic carbocycles. The largest absolute Gasteiger partial charge is 0.467 e. The summed E-state index contributed by atoms with van der Waals surface area (Å²) < 4.78 is 6.20. The molecule has 0 saturated carbocycles. The highest BCUT2D eigenvalue weighted by atomic mass is 16.5. The van der Waals surface area contributed by atoms with E-state index in [0.717, 1.165) is 0 Å². The molecule has 7 nitrogen and oxygen atoms in total. The smallest absolute Gasteiger partial charge is 0.328 e. The second-order valence-electron chi connectivity index (χ2n) is 4.22. The van der Waals surface area contributed by atoms with Crippen LogP contribution in [0.3, 0.4) is 0 Å². The lowest BCUT2D eigenvalue weighted by molar-refractivity contribution is -0.146. The predicted octanol–water partition coefficient (Wildman–Crippen LogP) is -0.0180. The number of nitrogens with zero attached hydrogens (tertiary/aromatic N) is 3. The van der Waals surface area contributed by atoms with Crippen LogP contribution in [0.2, 0.25) is 0 Å². The van der Waals surface area contributed by atoms with Gasteiger partial charge in [0.25, 0.3) is 0 Å². The fourth-order valence-corrected chi connectivity index (χ4v) is 1.43. The standard InChI is InChI=1S/C11H18N4O3/c1-8(2)10(11(17)18-3)14-9(16)4-5-15-7-12-6-13-15/h6-8,10H,4-5H2,1-3H3,(H,14,16). The summed E-state index contributed by atoms with van der Waals surface area (Å²) >= 11 is 0. The second kappa shape index (κ2) is 6.73. The summed E-state index contributed by atoms with van der Waals surface area (Å²) in [5.74, 6) is -0.665. The van der Waals surface area contributed by atoms with Crippen LogP contribution in [0.5, 0.6) is 0 Å². The third kappa shape index (κ3) is 4.15. The Bertz CT molecular complexity index is 389. The van der Waals surface area contributed by atoms with E-state index in [0.29, 0.717) is 6.54 Å². The molecule has 1 amide bonds. The number of rotatable bonds is 6. The predicted molar refractivity (Wildman–Crippen MR) is 63.4 cm³/mol. The van der Waals surface area contributed by atoms with Crippen LogP contribution in [-0.4, -0.2) is 39.8 Å². The monoisotopic (exact) mass is 254 g/mol. The SMILES string of the molecule is COC(=O)C(NC(=O)CCn1cncn1)C(C)C. The van der Waals surface area contributed by atoms with Crippen molar-refractivity contribution in [2.45, 2.75) is 32.9 Å². The van der Waals surface area contributed by atoms with Crippen molar-refractivity contribution >= 4 is 11.9 Å². The van der Waals surface area contributed by atoms with Crippen molar-refractivity contribution in [1.29, 1.82) is 0 Å². The summed E-state index contributed by atoms with van der Waals surface area (Å²) in [7, 11) is 1.30. The fourth-order valence-electron chi connectivity index (χ4n) is 1.43. The van der Waals surface area contributed by atoms with Gasteiger partial charge in [-0.3, -0.25) is 9.48 Å². The normalized spacial score (nSPS) is 12.2. The first-order valence-corrected chi connectivity index (χ1v) is 5.74. The van der Waals surface area contributed by atoms with E-state index in [1.807, 2.05) is 13.8 Å². The summed E-state index contributed by atoms with van der Waals surface area (Å²) in [6, 6.07) is -0.613. The van der Waals surface area contributed by atoms with Crippen LogP contribution in [0.4, 0.5) is 0 Å². The maximum absolute atomic E-state index is 11.7. The van der Waals surface area contributed by atoms with Gasteiger partial charge in [0, 0.05) is 6.42 Å². The van der Waals surface area contributed by atoms with Gasteiger partial charge in [-0.15, -0.1) is 0 Å². The zero-order valence-corrected chi connectivity index (χ0v) is 10.8. The van der Waals surface area contributed by atoms with Crippen LogP contribution >= 0.6 is 0 Å². The van der Waals surface area contributed by atoms with Crippen molar-refractivity contribution in [3.63, 3.8) is 0 Å². The van der Waals surface area contributed by atoms with Crippen LogP contribution in [0.25, 0.3) is 0 Å². The van der Waals surface area contributed by atoms with Crippen LogP contribution in [0, 0.1) is 5.92 Å². The number of hydrogen-bond acceptors (Lipinski definition) is 5. The number of aryl methyl sites for hydroxylation is 1. The molecule has 100 valence electrons. The molecule has 0 bridgehead atoms. The van der Waals surface area contributed by atoms with Crippen LogP contribution in [0.15, 0.2) is 12.7 Å². The molecule has 0 fully saturated rings. The van der Waals surface area contributed by atoms with Crippen molar-refractivity contribution in [2.24, 2.45) is 5.92 Å². The minimum Gasteiger partial charge on any atom is -0.467 e. The Kier molecular flexibility index (Phi) is 5.29. The first-order valence-electron chi connectivity index (χ1n) is 5.74. The highest BCUT2D eigenvalue weighted by Gasteiger charge is 2.24.